The maximum absolute atomic E-state index is 13.0. The molecule has 0 bridgehead atoms. The van der Waals surface area contributed by atoms with Crippen LogP contribution in [0, 0.1) is 0 Å². The van der Waals surface area contributed by atoms with E-state index < -0.39 is 53.8 Å². The zero-order chi connectivity index (χ0) is 23.6. The third-order valence-electron chi connectivity index (χ3n) is 4.90. The van der Waals surface area contributed by atoms with Crippen LogP contribution in [0.5, 0.6) is 0 Å². The summed E-state index contributed by atoms with van der Waals surface area (Å²) >= 11 is 5.57. The first-order valence-corrected chi connectivity index (χ1v) is 11.9. The first-order valence-electron chi connectivity index (χ1n) is 9.90. The Labute approximate surface area is 190 Å². The molecular weight excluding hydrogens is 446 g/mol. The molecule has 4 atom stereocenters. The van der Waals surface area contributed by atoms with E-state index in [1.165, 1.54) is 16.7 Å². The van der Waals surface area contributed by atoms with Gasteiger partial charge in [-0.3, -0.25) is 19.2 Å². The van der Waals surface area contributed by atoms with Gasteiger partial charge in [0.05, 0.1) is 6.04 Å². The Hall–Kier alpha value is -1.99. The molecule has 176 valence electrons. The van der Waals surface area contributed by atoms with E-state index in [2.05, 4.69) is 23.3 Å². The van der Waals surface area contributed by atoms with E-state index in [1.807, 2.05) is 6.26 Å². The van der Waals surface area contributed by atoms with Crippen molar-refractivity contribution in [2.24, 2.45) is 11.5 Å². The lowest BCUT2D eigenvalue weighted by Crippen LogP contribution is -2.57. The fraction of sp³-hybridized carbons (Fsp3) is 0.722. The first kappa shape index (κ1) is 27.0. The fourth-order valence-electron chi connectivity index (χ4n) is 3.15. The molecule has 13 heteroatoms. The summed E-state index contributed by atoms with van der Waals surface area (Å²) in [5.74, 6) is -2.89. The maximum Gasteiger partial charge on any atom is 0.326 e. The molecule has 0 aliphatic carbocycles. The molecule has 0 spiro atoms. The van der Waals surface area contributed by atoms with Gasteiger partial charge in [0.2, 0.25) is 23.6 Å². The van der Waals surface area contributed by atoms with Gasteiger partial charge < -0.3 is 32.1 Å². The Kier molecular flexibility index (Phi) is 11.7. The van der Waals surface area contributed by atoms with Crippen LogP contribution in [0.1, 0.15) is 32.1 Å². The topological polar surface area (TPSA) is 185 Å². The lowest BCUT2D eigenvalue weighted by Gasteiger charge is -2.28. The maximum atomic E-state index is 13.0. The molecule has 4 unspecified atom stereocenters. The molecule has 1 saturated heterocycles. The number of carboxylic acid groups (broad SMARTS) is 1. The number of aliphatic carboxylic acids is 1. The Balaban J connectivity index is 2.81. The SMILES string of the molecule is CSCCC(NC(=O)C(CS)NC(=O)C(N)CCC(N)=O)C(=O)N1CCCC1C(=O)O. The monoisotopic (exact) mass is 477 g/mol. The fourth-order valence-corrected chi connectivity index (χ4v) is 3.88. The number of thioether (sulfide) groups is 1. The highest BCUT2D eigenvalue weighted by atomic mass is 32.2. The molecule has 0 aromatic heterocycles. The van der Waals surface area contributed by atoms with Crippen LogP contribution in [0.25, 0.3) is 0 Å². The van der Waals surface area contributed by atoms with Gasteiger partial charge in [0.25, 0.3) is 0 Å². The minimum absolute atomic E-state index is 0.0302. The molecule has 31 heavy (non-hydrogen) atoms. The Morgan fingerprint density at radius 1 is 1.16 bits per heavy atom. The summed E-state index contributed by atoms with van der Waals surface area (Å²) in [6, 6.07) is -3.93. The number of rotatable bonds is 13. The number of likely N-dealkylation sites (tertiary alicyclic amines) is 1. The smallest absolute Gasteiger partial charge is 0.326 e. The second-order valence-corrected chi connectivity index (χ2v) is 8.58. The second kappa shape index (κ2) is 13.4. The predicted molar refractivity (Wildman–Crippen MR) is 119 cm³/mol. The molecule has 0 aromatic carbocycles. The number of hydrogen-bond donors (Lipinski definition) is 6. The molecule has 1 rings (SSSR count). The number of amides is 4. The second-order valence-electron chi connectivity index (χ2n) is 7.23. The molecular formula is C18H31N5O6S2. The van der Waals surface area contributed by atoms with Gasteiger partial charge in [0, 0.05) is 18.7 Å². The van der Waals surface area contributed by atoms with E-state index in [-0.39, 0.29) is 18.6 Å². The highest BCUT2D eigenvalue weighted by Crippen LogP contribution is 2.19. The summed E-state index contributed by atoms with van der Waals surface area (Å²) in [5.41, 5.74) is 10.8. The normalized spacial score (nSPS) is 18.7. The third-order valence-corrected chi connectivity index (χ3v) is 5.91. The number of primary amides is 1. The molecule has 4 amide bonds. The van der Waals surface area contributed by atoms with Crippen molar-refractivity contribution in [2.75, 3.05) is 24.3 Å². The number of nitrogens with one attached hydrogen (secondary N) is 2. The van der Waals surface area contributed by atoms with Crippen molar-refractivity contribution in [1.29, 1.82) is 0 Å². The van der Waals surface area contributed by atoms with Crippen molar-refractivity contribution < 1.29 is 29.1 Å². The minimum atomic E-state index is -1.08. The third kappa shape index (κ3) is 8.57. The zero-order valence-electron chi connectivity index (χ0n) is 17.4. The van der Waals surface area contributed by atoms with Crippen LogP contribution in [0.2, 0.25) is 0 Å². The summed E-state index contributed by atoms with van der Waals surface area (Å²) in [7, 11) is 0. The van der Waals surface area contributed by atoms with E-state index in [1.54, 1.807) is 0 Å². The molecule has 11 nitrogen and oxygen atoms in total. The van der Waals surface area contributed by atoms with Gasteiger partial charge in [-0.05, 0) is 37.7 Å². The van der Waals surface area contributed by atoms with E-state index in [0.29, 0.717) is 31.6 Å². The highest BCUT2D eigenvalue weighted by molar-refractivity contribution is 7.98. The Morgan fingerprint density at radius 3 is 2.35 bits per heavy atom. The van der Waals surface area contributed by atoms with Gasteiger partial charge in [0.1, 0.15) is 18.1 Å². The van der Waals surface area contributed by atoms with Crippen LogP contribution < -0.4 is 22.1 Å². The quantitative estimate of drug-likeness (QED) is 0.170. The van der Waals surface area contributed by atoms with Crippen molar-refractivity contribution in [3.05, 3.63) is 0 Å². The van der Waals surface area contributed by atoms with Crippen molar-refractivity contribution in [1.82, 2.24) is 15.5 Å². The Morgan fingerprint density at radius 2 is 1.81 bits per heavy atom. The van der Waals surface area contributed by atoms with Gasteiger partial charge in [-0.15, -0.1) is 0 Å². The van der Waals surface area contributed by atoms with Crippen molar-refractivity contribution >= 4 is 54.0 Å². The molecule has 1 aliphatic heterocycles. The number of nitrogens with two attached hydrogens (primary N) is 2. The summed E-state index contributed by atoms with van der Waals surface area (Å²) < 4.78 is 0. The van der Waals surface area contributed by atoms with E-state index in [9.17, 15) is 29.1 Å². The summed E-state index contributed by atoms with van der Waals surface area (Å²) in [5, 5.41) is 14.4. The zero-order valence-corrected chi connectivity index (χ0v) is 19.1. The Bertz CT molecular complexity index is 680. The highest BCUT2D eigenvalue weighted by Gasteiger charge is 2.38. The molecule has 0 radical (unpaired) electrons. The number of carbonyl (C=O) groups excluding carboxylic acids is 4. The molecule has 1 heterocycles. The standard InChI is InChI=1S/C18H31N5O6S2/c1-31-8-6-11(17(27)23-7-2-3-13(23)18(28)29)21-16(26)12(9-30)22-15(25)10(19)4-5-14(20)24/h10-13,30H,2-9,19H2,1H3,(H2,20,24)(H,21,26)(H,22,25)(H,28,29). The number of carboxylic acids is 1. The molecule has 7 N–H and O–H groups in total. The predicted octanol–water partition coefficient (Wildman–Crippen LogP) is -1.69. The number of hydrogen-bond acceptors (Lipinski definition) is 8. The van der Waals surface area contributed by atoms with Gasteiger partial charge in [-0.1, -0.05) is 0 Å². The average molecular weight is 478 g/mol. The van der Waals surface area contributed by atoms with E-state index in [4.69, 9.17) is 11.5 Å². The summed E-state index contributed by atoms with van der Waals surface area (Å²) in [4.78, 5) is 61.4. The van der Waals surface area contributed by atoms with E-state index >= 15 is 0 Å². The van der Waals surface area contributed by atoms with E-state index in [0.717, 1.165) is 0 Å². The summed E-state index contributed by atoms with van der Waals surface area (Å²) in [6.07, 6.45) is 3.05. The van der Waals surface area contributed by atoms with Crippen molar-refractivity contribution in [3.8, 4) is 0 Å². The number of carbonyl (C=O) groups is 5. The number of nitrogens with zero attached hydrogens (tertiary/aromatic N) is 1. The average Bonchev–Trinajstić information content (AvgIpc) is 3.22. The molecule has 0 aromatic rings. The largest absolute Gasteiger partial charge is 0.480 e. The van der Waals surface area contributed by atoms with Crippen LogP contribution >= 0.6 is 24.4 Å². The lowest BCUT2D eigenvalue weighted by molar-refractivity contribution is -0.149. The van der Waals surface area contributed by atoms with Crippen LogP contribution in [-0.4, -0.2) is 88.1 Å². The molecule has 0 saturated carbocycles. The summed E-state index contributed by atoms with van der Waals surface area (Å²) in [6.45, 7) is 0.308. The van der Waals surface area contributed by atoms with Crippen molar-refractivity contribution in [3.63, 3.8) is 0 Å². The van der Waals surface area contributed by atoms with Crippen LogP contribution in [-0.2, 0) is 24.0 Å². The van der Waals surface area contributed by atoms with Crippen LogP contribution in [0.4, 0.5) is 0 Å². The lowest BCUT2D eigenvalue weighted by atomic mass is 10.1. The van der Waals surface area contributed by atoms with Gasteiger partial charge in [-0.2, -0.15) is 24.4 Å². The van der Waals surface area contributed by atoms with Crippen LogP contribution in [0.3, 0.4) is 0 Å². The van der Waals surface area contributed by atoms with Crippen molar-refractivity contribution in [2.45, 2.75) is 56.3 Å². The molecule has 1 fully saturated rings. The molecule has 1 aliphatic rings. The first-order chi connectivity index (χ1) is 14.6. The van der Waals surface area contributed by atoms with Gasteiger partial charge in [0.15, 0.2) is 0 Å². The minimum Gasteiger partial charge on any atom is -0.480 e. The number of thiol groups is 1. The van der Waals surface area contributed by atoms with Crippen LogP contribution in [0.15, 0.2) is 0 Å². The van der Waals surface area contributed by atoms with Gasteiger partial charge >= 0.3 is 5.97 Å². The van der Waals surface area contributed by atoms with Gasteiger partial charge in [-0.25, -0.2) is 4.79 Å².